The van der Waals surface area contributed by atoms with Gasteiger partial charge in [0.2, 0.25) is 5.91 Å². The van der Waals surface area contributed by atoms with Crippen LogP contribution in [0, 0.1) is 5.82 Å². The molecule has 0 saturated carbocycles. The first-order valence-corrected chi connectivity index (χ1v) is 6.38. The Balaban J connectivity index is 2.46. The van der Waals surface area contributed by atoms with E-state index in [0.717, 1.165) is 6.07 Å². The molecule has 0 unspecified atom stereocenters. The number of amides is 2. The average molecular weight is 303 g/mol. The van der Waals surface area contributed by atoms with Gasteiger partial charge in [-0.05, 0) is 26.8 Å². The molecule has 0 aliphatic rings. The third kappa shape index (κ3) is 5.97. The molecule has 1 N–H and O–H groups in total. The molecule has 0 atom stereocenters. The molecule has 0 aliphatic carbocycles. The lowest BCUT2D eigenvalue weighted by atomic mass is 10.2. The standard InChI is InChI=1S/C13H16ClFN2O3/c1-13(2,3)20-12(19)17-11(18)5-4-10-9(15)6-8(14)7-16-10/h6-7H,4-5H2,1-3H3,(H,17,18,19). The summed E-state index contributed by atoms with van der Waals surface area (Å²) in [6, 6.07) is 1.12. The highest BCUT2D eigenvalue weighted by Crippen LogP contribution is 2.13. The molecule has 1 aromatic heterocycles. The van der Waals surface area contributed by atoms with Crippen LogP contribution >= 0.6 is 11.6 Å². The number of nitrogens with one attached hydrogen (secondary N) is 1. The zero-order chi connectivity index (χ0) is 15.3. The van der Waals surface area contributed by atoms with Crippen molar-refractivity contribution in [2.75, 3.05) is 0 Å². The van der Waals surface area contributed by atoms with Crippen LogP contribution in [0.15, 0.2) is 12.3 Å². The third-order valence-corrected chi connectivity index (χ3v) is 2.32. The lowest BCUT2D eigenvalue weighted by molar-refractivity contribution is -0.120. The molecule has 20 heavy (non-hydrogen) atoms. The molecule has 1 rings (SSSR count). The van der Waals surface area contributed by atoms with Crippen LogP contribution in [0.3, 0.4) is 0 Å². The van der Waals surface area contributed by atoms with Crippen LogP contribution in [-0.2, 0) is 16.0 Å². The van der Waals surface area contributed by atoms with E-state index < -0.39 is 23.4 Å². The molecular weight excluding hydrogens is 287 g/mol. The van der Waals surface area contributed by atoms with Gasteiger partial charge in [-0.1, -0.05) is 11.6 Å². The molecule has 1 heterocycles. The van der Waals surface area contributed by atoms with Crippen molar-refractivity contribution < 1.29 is 18.7 Å². The van der Waals surface area contributed by atoms with E-state index in [9.17, 15) is 14.0 Å². The Morgan fingerprint density at radius 3 is 2.65 bits per heavy atom. The molecule has 0 fully saturated rings. The zero-order valence-corrected chi connectivity index (χ0v) is 12.3. The Labute approximate surface area is 121 Å². The summed E-state index contributed by atoms with van der Waals surface area (Å²) in [5.74, 6) is -1.14. The quantitative estimate of drug-likeness (QED) is 0.932. The summed E-state index contributed by atoms with van der Waals surface area (Å²) < 4.78 is 18.3. The molecule has 110 valence electrons. The number of carbonyl (C=O) groups is 2. The summed E-state index contributed by atoms with van der Waals surface area (Å²) in [5.41, 5.74) is -0.567. The summed E-state index contributed by atoms with van der Waals surface area (Å²) in [7, 11) is 0. The first-order chi connectivity index (χ1) is 9.17. The molecule has 7 heteroatoms. The summed E-state index contributed by atoms with van der Waals surface area (Å²) in [5, 5.41) is 2.25. The molecule has 0 radical (unpaired) electrons. The number of carbonyl (C=O) groups excluding carboxylic acids is 2. The van der Waals surface area contributed by atoms with Gasteiger partial charge in [0, 0.05) is 19.0 Å². The Morgan fingerprint density at radius 1 is 1.45 bits per heavy atom. The largest absolute Gasteiger partial charge is 0.444 e. The minimum absolute atomic E-state index is 0.0671. The monoisotopic (exact) mass is 302 g/mol. The first-order valence-electron chi connectivity index (χ1n) is 6.00. The maximum absolute atomic E-state index is 13.4. The second-order valence-electron chi connectivity index (χ2n) is 5.13. The van der Waals surface area contributed by atoms with Gasteiger partial charge in [0.1, 0.15) is 11.4 Å². The smallest absolute Gasteiger partial charge is 0.414 e. The Morgan fingerprint density at radius 2 is 2.10 bits per heavy atom. The summed E-state index contributed by atoms with van der Waals surface area (Å²) in [6.45, 7) is 5.05. The molecule has 5 nitrogen and oxygen atoms in total. The number of hydrogen-bond donors (Lipinski definition) is 1. The van der Waals surface area contributed by atoms with Crippen LogP contribution in [0.25, 0.3) is 0 Å². The normalized spacial score (nSPS) is 11.1. The van der Waals surface area contributed by atoms with E-state index in [1.165, 1.54) is 6.20 Å². The Kier molecular flexibility index (Phi) is 5.44. The van der Waals surface area contributed by atoms with Crippen LogP contribution < -0.4 is 5.32 Å². The van der Waals surface area contributed by atoms with Crippen LogP contribution in [-0.4, -0.2) is 22.6 Å². The van der Waals surface area contributed by atoms with E-state index in [2.05, 4.69) is 10.3 Å². The van der Waals surface area contributed by atoms with E-state index in [-0.39, 0.29) is 23.6 Å². The maximum atomic E-state index is 13.4. The van der Waals surface area contributed by atoms with Crippen molar-refractivity contribution in [3.05, 3.63) is 28.8 Å². The second kappa shape index (κ2) is 6.65. The maximum Gasteiger partial charge on any atom is 0.414 e. The molecular formula is C13H16ClFN2O3. The fraction of sp³-hybridized carbons (Fsp3) is 0.462. The number of alkyl carbamates (subject to hydrolysis) is 1. The van der Waals surface area contributed by atoms with Crippen molar-refractivity contribution >= 4 is 23.6 Å². The number of aryl methyl sites for hydroxylation is 1. The Hall–Kier alpha value is -1.69. The molecule has 2 amide bonds. The van der Waals surface area contributed by atoms with Gasteiger partial charge < -0.3 is 4.74 Å². The van der Waals surface area contributed by atoms with E-state index >= 15 is 0 Å². The summed E-state index contributed by atoms with van der Waals surface area (Å²) in [6.07, 6.45) is 0.459. The van der Waals surface area contributed by atoms with Crippen LogP contribution in [0.1, 0.15) is 32.9 Å². The van der Waals surface area contributed by atoms with Gasteiger partial charge in [-0.15, -0.1) is 0 Å². The topological polar surface area (TPSA) is 68.3 Å². The number of nitrogens with zero attached hydrogens (tertiary/aromatic N) is 1. The number of imide groups is 1. The molecule has 0 spiro atoms. The third-order valence-electron chi connectivity index (χ3n) is 2.11. The van der Waals surface area contributed by atoms with E-state index in [1.807, 2.05) is 0 Å². The van der Waals surface area contributed by atoms with Gasteiger partial charge >= 0.3 is 6.09 Å². The van der Waals surface area contributed by atoms with Crippen molar-refractivity contribution in [1.82, 2.24) is 10.3 Å². The SMILES string of the molecule is CC(C)(C)OC(=O)NC(=O)CCc1ncc(Cl)cc1F. The van der Waals surface area contributed by atoms with E-state index in [4.69, 9.17) is 16.3 Å². The van der Waals surface area contributed by atoms with Gasteiger partial charge in [0.15, 0.2) is 0 Å². The molecule has 1 aromatic rings. The first kappa shape index (κ1) is 16.4. The number of aromatic nitrogens is 1. The van der Waals surface area contributed by atoms with Crippen molar-refractivity contribution in [1.29, 1.82) is 0 Å². The van der Waals surface area contributed by atoms with Crippen molar-refractivity contribution in [3.63, 3.8) is 0 Å². The van der Waals surface area contributed by atoms with Crippen LogP contribution in [0.5, 0.6) is 0 Å². The van der Waals surface area contributed by atoms with E-state index in [1.54, 1.807) is 20.8 Å². The number of hydrogen-bond acceptors (Lipinski definition) is 4. The lowest BCUT2D eigenvalue weighted by Crippen LogP contribution is -2.36. The van der Waals surface area contributed by atoms with Crippen molar-refractivity contribution in [3.8, 4) is 0 Å². The van der Waals surface area contributed by atoms with E-state index in [0.29, 0.717) is 0 Å². The highest BCUT2D eigenvalue weighted by atomic mass is 35.5. The summed E-state index contributed by atoms with van der Waals surface area (Å²) >= 11 is 5.57. The lowest BCUT2D eigenvalue weighted by Gasteiger charge is -2.19. The van der Waals surface area contributed by atoms with Gasteiger partial charge in [0.05, 0.1) is 10.7 Å². The number of ether oxygens (including phenoxy) is 1. The molecule has 0 saturated heterocycles. The average Bonchev–Trinajstić information content (AvgIpc) is 2.24. The number of pyridine rings is 1. The zero-order valence-electron chi connectivity index (χ0n) is 11.5. The van der Waals surface area contributed by atoms with Crippen molar-refractivity contribution in [2.45, 2.75) is 39.2 Å². The van der Waals surface area contributed by atoms with Gasteiger partial charge in [0.25, 0.3) is 0 Å². The minimum Gasteiger partial charge on any atom is -0.444 e. The fourth-order valence-electron chi connectivity index (χ4n) is 1.34. The van der Waals surface area contributed by atoms with Gasteiger partial charge in [-0.3, -0.25) is 15.1 Å². The van der Waals surface area contributed by atoms with Gasteiger partial charge in [-0.2, -0.15) is 0 Å². The van der Waals surface area contributed by atoms with Crippen LogP contribution in [0.2, 0.25) is 5.02 Å². The van der Waals surface area contributed by atoms with Crippen molar-refractivity contribution in [2.24, 2.45) is 0 Å². The second-order valence-corrected chi connectivity index (χ2v) is 5.57. The summed E-state index contributed by atoms with van der Waals surface area (Å²) in [4.78, 5) is 26.6. The highest BCUT2D eigenvalue weighted by Gasteiger charge is 2.18. The van der Waals surface area contributed by atoms with Gasteiger partial charge in [-0.25, -0.2) is 9.18 Å². The predicted molar refractivity (Wildman–Crippen MR) is 71.9 cm³/mol. The number of rotatable bonds is 3. The molecule has 0 aliphatic heterocycles. The molecule has 0 bridgehead atoms. The van der Waals surface area contributed by atoms with Crippen LogP contribution in [0.4, 0.5) is 9.18 Å². The number of halogens is 2. The molecule has 0 aromatic carbocycles. The fourth-order valence-corrected chi connectivity index (χ4v) is 1.48. The highest BCUT2D eigenvalue weighted by molar-refractivity contribution is 6.30. The Bertz CT molecular complexity index is 515. The minimum atomic E-state index is -0.827. The predicted octanol–water partition coefficient (Wildman–Crippen LogP) is 2.86.